The third-order valence-electron chi connectivity index (χ3n) is 3.09. The second kappa shape index (κ2) is 6.73. The zero-order valence-corrected chi connectivity index (χ0v) is 12.9. The Kier molecular flexibility index (Phi) is 4.98. The third kappa shape index (κ3) is 3.83. The summed E-state index contributed by atoms with van der Waals surface area (Å²) in [6, 6.07) is 6.55. The molecular weight excluding hydrogens is 288 g/mol. The Morgan fingerprint density at radius 3 is 2.76 bits per heavy atom. The molecule has 3 N–H and O–H groups in total. The number of aromatic nitrogens is 2. The minimum Gasteiger partial charge on any atom is -0.384 e. The first-order valence-electron chi connectivity index (χ1n) is 6.88. The Labute approximate surface area is 125 Å². The summed E-state index contributed by atoms with van der Waals surface area (Å²) in [7, 11) is -3.60. The van der Waals surface area contributed by atoms with Crippen molar-refractivity contribution in [3.05, 3.63) is 42.2 Å². The Hall–Kier alpha value is -1.86. The van der Waals surface area contributed by atoms with Crippen LogP contribution in [-0.4, -0.2) is 25.2 Å². The molecule has 0 radical (unpaired) electrons. The van der Waals surface area contributed by atoms with E-state index in [9.17, 15) is 8.42 Å². The molecule has 0 saturated heterocycles. The Balaban J connectivity index is 2.23. The summed E-state index contributed by atoms with van der Waals surface area (Å²) in [4.78, 5) is 0.258. The lowest BCUT2D eigenvalue weighted by molar-refractivity contribution is 0.567. The van der Waals surface area contributed by atoms with Crippen LogP contribution in [0.25, 0.3) is 0 Å². The molecule has 6 nitrogen and oxygen atoms in total. The molecule has 0 aliphatic rings. The van der Waals surface area contributed by atoms with Gasteiger partial charge in [0.2, 0.25) is 10.0 Å². The Morgan fingerprint density at radius 2 is 2.10 bits per heavy atom. The van der Waals surface area contributed by atoms with Crippen LogP contribution in [-0.2, 0) is 10.0 Å². The van der Waals surface area contributed by atoms with Gasteiger partial charge in [0.05, 0.1) is 11.9 Å². The van der Waals surface area contributed by atoms with Crippen LogP contribution in [0.1, 0.15) is 31.9 Å². The van der Waals surface area contributed by atoms with E-state index in [1.54, 1.807) is 37.5 Å². The molecule has 1 atom stereocenters. The molecule has 7 heteroatoms. The first-order chi connectivity index (χ1) is 10.0. The van der Waals surface area contributed by atoms with Gasteiger partial charge in [-0.3, -0.25) is 5.10 Å². The lowest BCUT2D eigenvalue weighted by Crippen LogP contribution is -2.27. The SMILES string of the molecule is CCCNc1ccccc1S(=O)(=O)NC(C)c1cn[nH]c1. The quantitative estimate of drug-likeness (QED) is 0.732. The van der Waals surface area contributed by atoms with Gasteiger partial charge in [-0.1, -0.05) is 19.1 Å². The molecule has 1 aromatic heterocycles. The number of hydrogen-bond acceptors (Lipinski definition) is 4. The van der Waals surface area contributed by atoms with Crippen molar-refractivity contribution in [1.29, 1.82) is 0 Å². The van der Waals surface area contributed by atoms with Crippen molar-refractivity contribution >= 4 is 15.7 Å². The van der Waals surface area contributed by atoms with Crippen molar-refractivity contribution in [3.8, 4) is 0 Å². The molecule has 1 aromatic carbocycles. The fraction of sp³-hybridized carbons (Fsp3) is 0.357. The molecule has 21 heavy (non-hydrogen) atoms. The molecule has 0 fully saturated rings. The lowest BCUT2D eigenvalue weighted by atomic mass is 10.2. The van der Waals surface area contributed by atoms with E-state index < -0.39 is 10.0 Å². The van der Waals surface area contributed by atoms with E-state index in [2.05, 4.69) is 20.2 Å². The van der Waals surface area contributed by atoms with Crippen LogP contribution < -0.4 is 10.0 Å². The minimum absolute atomic E-state index is 0.258. The van der Waals surface area contributed by atoms with E-state index in [4.69, 9.17) is 0 Å². The Bertz CT molecular complexity index is 668. The molecule has 114 valence electrons. The van der Waals surface area contributed by atoms with E-state index >= 15 is 0 Å². The van der Waals surface area contributed by atoms with E-state index in [0.717, 1.165) is 18.5 Å². The maximum Gasteiger partial charge on any atom is 0.243 e. The number of hydrogen-bond donors (Lipinski definition) is 3. The number of sulfonamides is 1. The summed E-state index contributed by atoms with van der Waals surface area (Å²) in [6.45, 7) is 4.54. The standard InChI is InChI=1S/C14H20N4O2S/c1-3-8-15-13-6-4-5-7-14(13)21(19,20)18-11(2)12-9-16-17-10-12/h4-7,9-11,15,18H,3,8H2,1-2H3,(H,16,17). The van der Waals surface area contributed by atoms with Crippen LogP contribution >= 0.6 is 0 Å². The fourth-order valence-electron chi connectivity index (χ4n) is 1.97. The summed E-state index contributed by atoms with van der Waals surface area (Å²) in [5.74, 6) is 0. The van der Waals surface area contributed by atoms with Gasteiger partial charge in [-0.15, -0.1) is 0 Å². The zero-order chi connectivity index (χ0) is 15.3. The molecule has 1 heterocycles. The molecule has 2 rings (SSSR count). The molecule has 1 unspecified atom stereocenters. The van der Waals surface area contributed by atoms with Gasteiger partial charge in [-0.2, -0.15) is 5.10 Å². The van der Waals surface area contributed by atoms with Crippen LogP contribution in [0, 0.1) is 0 Å². The number of anilines is 1. The number of H-pyrrole nitrogens is 1. The zero-order valence-electron chi connectivity index (χ0n) is 12.1. The van der Waals surface area contributed by atoms with Gasteiger partial charge in [0, 0.05) is 24.3 Å². The predicted molar refractivity (Wildman–Crippen MR) is 82.5 cm³/mol. The highest BCUT2D eigenvalue weighted by Crippen LogP contribution is 2.23. The van der Waals surface area contributed by atoms with Gasteiger partial charge < -0.3 is 5.32 Å². The van der Waals surface area contributed by atoms with Crippen LogP contribution in [0.3, 0.4) is 0 Å². The number of benzene rings is 1. The lowest BCUT2D eigenvalue weighted by Gasteiger charge is -2.16. The van der Waals surface area contributed by atoms with Gasteiger partial charge in [-0.25, -0.2) is 13.1 Å². The normalized spacial score (nSPS) is 13.0. The van der Waals surface area contributed by atoms with E-state index in [1.807, 2.05) is 13.0 Å². The van der Waals surface area contributed by atoms with Crippen LogP contribution in [0.15, 0.2) is 41.6 Å². The molecule has 0 aliphatic heterocycles. The minimum atomic E-state index is -3.60. The van der Waals surface area contributed by atoms with Crippen molar-refractivity contribution in [2.75, 3.05) is 11.9 Å². The smallest absolute Gasteiger partial charge is 0.243 e. The second-order valence-corrected chi connectivity index (χ2v) is 6.48. The van der Waals surface area contributed by atoms with Crippen molar-refractivity contribution in [2.45, 2.75) is 31.2 Å². The summed E-state index contributed by atoms with van der Waals surface area (Å²) < 4.78 is 27.7. The number of aromatic amines is 1. The van der Waals surface area contributed by atoms with Crippen LogP contribution in [0.2, 0.25) is 0 Å². The summed E-state index contributed by atoms with van der Waals surface area (Å²) in [5, 5.41) is 9.65. The van der Waals surface area contributed by atoms with Gasteiger partial charge >= 0.3 is 0 Å². The first kappa shape index (κ1) is 15.5. The summed E-state index contributed by atoms with van der Waals surface area (Å²) in [6.07, 6.45) is 4.20. The molecular formula is C14H20N4O2S. The van der Waals surface area contributed by atoms with E-state index in [0.29, 0.717) is 5.69 Å². The molecule has 0 spiro atoms. The van der Waals surface area contributed by atoms with Crippen molar-refractivity contribution < 1.29 is 8.42 Å². The van der Waals surface area contributed by atoms with Gasteiger partial charge in [0.15, 0.2) is 0 Å². The maximum absolute atomic E-state index is 12.5. The topological polar surface area (TPSA) is 86.9 Å². The summed E-state index contributed by atoms with van der Waals surface area (Å²) in [5.41, 5.74) is 1.41. The van der Waals surface area contributed by atoms with E-state index in [-0.39, 0.29) is 10.9 Å². The number of para-hydroxylation sites is 1. The highest BCUT2D eigenvalue weighted by atomic mass is 32.2. The van der Waals surface area contributed by atoms with Crippen molar-refractivity contribution in [1.82, 2.24) is 14.9 Å². The first-order valence-corrected chi connectivity index (χ1v) is 8.37. The second-order valence-electron chi connectivity index (χ2n) is 4.80. The highest BCUT2D eigenvalue weighted by molar-refractivity contribution is 7.89. The van der Waals surface area contributed by atoms with Gasteiger partial charge in [-0.05, 0) is 25.5 Å². The molecule has 0 saturated carbocycles. The van der Waals surface area contributed by atoms with E-state index in [1.165, 1.54) is 0 Å². The maximum atomic E-state index is 12.5. The number of rotatable bonds is 7. The van der Waals surface area contributed by atoms with Crippen LogP contribution in [0.4, 0.5) is 5.69 Å². The predicted octanol–water partition coefficient (Wildman–Crippen LogP) is 2.27. The largest absolute Gasteiger partial charge is 0.384 e. The number of nitrogens with zero attached hydrogens (tertiary/aromatic N) is 1. The van der Waals surface area contributed by atoms with Crippen molar-refractivity contribution in [3.63, 3.8) is 0 Å². The third-order valence-corrected chi connectivity index (χ3v) is 4.69. The molecule has 0 bridgehead atoms. The fourth-order valence-corrected chi connectivity index (χ4v) is 3.38. The summed E-state index contributed by atoms with van der Waals surface area (Å²) >= 11 is 0. The number of nitrogens with one attached hydrogen (secondary N) is 3. The van der Waals surface area contributed by atoms with Crippen LogP contribution in [0.5, 0.6) is 0 Å². The average Bonchev–Trinajstić information content (AvgIpc) is 2.99. The highest BCUT2D eigenvalue weighted by Gasteiger charge is 2.21. The molecule has 0 amide bonds. The van der Waals surface area contributed by atoms with Crippen molar-refractivity contribution in [2.24, 2.45) is 0 Å². The molecule has 0 aliphatic carbocycles. The average molecular weight is 308 g/mol. The van der Waals surface area contributed by atoms with Gasteiger partial charge in [0.1, 0.15) is 4.90 Å². The monoisotopic (exact) mass is 308 g/mol. The Morgan fingerprint density at radius 1 is 1.33 bits per heavy atom. The van der Waals surface area contributed by atoms with Gasteiger partial charge in [0.25, 0.3) is 0 Å². The molecule has 2 aromatic rings.